The van der Waals surface area contributed by atoms with Gasteiger partial charge in [-0.05, 0) is 32.0 Å². The number of rotatable bonds is 4. The van der Waals surface area contributed by atoms with Crippen molar-refractivity contribution in [3.8, 4) is 5.69 Å². The number of aromatic nitrogens is 3. The van der Waals surface area contributed by atoms with Gasteiger partial charge in [-0.15, -0.1) is 0 Å². The van der Waals surface area contributed by atoms with Crippen LogP contribution in [-0.2, 0) is 7.05 Å². The van der Waals surface area contributed by atoms with Crippen molar-refractivity contribution >= 4 is 16.8 Å². The molecule has 1 amide bonds. The second-order valence-corrected chi connectivity index (χ2v) is 6.80. The minimum atomic E-state index is -0.145. The number of nitrogens with one attached hydrogen (secondary N) is 1. The number of carbonyl (C=O) groups excluding carboxylic acids is 1. The first-order chi connectivity index (χ1) is 13.1. The predicted octanol–water partition coefficient (Wildman–Crippen LogP) is 4.16. The van der Waals surface area contributed by atoms with E-state index in [2.05, 4.69) is 10.4 Å². The smallest absolute Gasteiger partial charge is 0.253 e. The average molecular weight is 358 g/mol. The zero-order valence-electron chi connectivity index (χ0n) is 15.7. The predicted molar refractivity (Wildman–Crippen MR) is 107 cm³/mol. The van der Waals surface area contributed by atoms with Gasteiger partial charge in [0, 0.05) is 35.4 Å². The first-order valence-electron chi connectivity index (χ1n) is 9.01. The molecule has 0 aliphatic carbocycles. The third kappa shape index (κ3) is 3.01. The number of benzene rings is 2. The number of fused-ring (bicyclic) bond motifs is 1. The van der Waals surface area contributed by atoms with Crippen LogP contribution in [0.5, 0.6) is 0 Å². The Balaban J connectivity index is 1.60. The van der Waals surface area contributed by atoms with Crippen molar-refractivity contribution in [2.45, 2.75) is 19.9 Å². The fraction of sp³-hybridized carbons (Fsp3) is 0.182. The molecule has 4 rings (SSSR count). The summed E-state index contributed by atoms with van der Waals surface area (Å²) in [6, 6.07) is 17.8. The van der Waals surface area contributed by atoms with Gasteiger partial charge >= 0.3 is 0 Å². The summed E-state index contributed by atoms with van der Waals surface area (Å²) in [5, 5.41) is 8.58. The summed E-state index contributed by atoms with van der Waals surface area (Å²) in [6.45, 7) is 4.01. The third-order valence-corrected chi connectivity index (χ3v) is 5.00. The number of hydrogen-bond donors (Lipinski definition) is 1. The Morgan fingerprint density at radius 2 is 1.78 bits per heavy atom. The van der Waals surface area contributed by atoms with Crippen molar-refractivity contribution in [3.05, 3.63) is 83.8 Å². The Morgan fingerprint density at radius 1 is 1.07 bits per heavy atom. The molecule has 136 valence electrons. The van der Waals surface area contributed by atoms with Gasteiger partial charge in [-0.25, -0.2) is 4.68 Å². The summed E-state index contributed by atoms with van der Waals surface area (Å²) in [6.07, 6.45) is 3.71. The van der Waals surface area contributed by atoms with E-state index in [-0.39, 0.29) is 11.9 Å². The van der Waals surface area contributed by atoms with Gasteiger partial charge in [0.1, 0.15) is 0 Å². The Labute approximate surface area is 158 Å². The average Bonchev–Trinajstić information content (AvgIpc) is 3.23. The molecule has 4 aromatic rings. The lowest BCUT2D eigenvalue weighted by atomic mass is 10.1. The summed E-state index contributed by atoms with van der Waals surface area (Å²) in [5.41, 5.74) is 4.77. The molecule has 0 bridgehead atoms. The number of amides is 1. The van der Waals surface area contributed by atoms with E-state index in [9.17, 15) is 4.79 Å². The van der Waals surface area contributed by atoms with E-state index in [1.165, 1.54) is 0 Å². The van der Waals surface area contributed by atoms with E-state index in [1.807, 2.05) is 97.1 Å². The minimum absolute atomic E-state index is 0.0776. The van der Waals surface area contributed by atoms with Gasteiger partial charge in [0.25, 0.3) is 5.91 Å². The summed E-state index contributed by atoms with van der Waals surface area (Å²) < 4.78 is 3.88. The Bertz CT molecular complexity index is 1110. The number of hydrogen-bond acceptors (Lipinski definition) is 2. The van der Waals surface area contributed by atoms with Crippen molar-refractivity contribution in [2.24, 2.45) is 7.05 Å². The van der Waals surface area contributed by atoms with Crippen molar-refractivity contribution < 1.29 is 4.79 Å². The molecule has 0 spiro atoms. The van der Waals surface area contributed by atoms with E-state index >= 15 is 0 Å². The van der Waals surface area contributed by atoms with Crippen LogP contribution in [0.4, 0.5) is 0 Å². The Kier molecular flexibility index (Phi) is 4.28. The number of para-hydroxylation sites is 2. The number of aryl methyl sites for hydroxylation is 1. The molecule has 5 heteroatoms. The molecule has 0 aliphatic heterocycles. The highest BCUT2D eigenvalue weighted by Gasteiger charge is 2.19. The number of nitrogens with zero attached hydrogens (tertiary/aromatic N) is 3. The van der Waals surface area contributed by atoms with E-state index in [1.54, 1.807) is 0 Å². The van der Waals surface area contributed by atoms with Crippen LogP contribution in [-0.4, -0.2) is 20.3 Å². The second-order valence-electron chi connectivity index (χ2n) is 6.80. The Hall–Kier alpha value is -3.34. The zero-order valence-corrected chi connectivity index (χ0v) is 15.7. The van der Waals surface area contributed by atoms with E-state index in [0.717, 1.165) is 27.8 Å². The van der Waals surface area contributed by atoms with Crippen LogP contribution in [0.15, 0.2) is 67.0 Å². The summed E-state index contributed by atoms with van der Waals surface area (Å²) in [5.74, 6) is -0.0776. The monoisotopic (exact) mass is 358 g/mol. The Morgan fingerprint density at radius 3 is 2.56 bits per heavy atom. The normalized spacial score (nSPS) is 12.3. The standard InChI is InChI=1S/C22H22N4O/c1-15(19-13-23-26(16(19)2)17-9-5-4-6-10-17)24-22(27)20-14-25(3)21-12-8-7-11-18(20)21/h4-15H,1-3H3,(H,24,27). The van der Waals surface area contributed by atoms with Gasteiger partial charge in [0.15, 0.2) is 0 Å². The summed E-state index contributed by atoms with van der Waals surface area (Å²) in [7, 11) is 1.95. The fourth-order valence-electron chi connectivity index (χ4n) is 3.55. The molecule has 27 heavy (non-hydrogen) atoms. The molecule has 1 N–H and O–H groups in total. The van der Waals surface area contributed by atoms with Gasteiger partial charge in [0.2, 0.25) is 0 Å². The van der Waals surface area contributed by atoms with Crippen LogP contribution < -0.4 is 5.32 Å². The van der Waals surface area contributed by atoms with Crippen LogP contribution in [0.1, 0.15) is 34.6 Å². The van der Waals surface area contributed by atoms with Crippen molar-refractivity contribution in [2.75, 3.05) is 0 Å². The van der Waals surface area contributed by atoms with Crippen LogP contribution >= 0.6 is 0 Å². The highest BCUT2D eigenvalue weighted by molar-refractivity contribution is 6.07. The lowest BCUT2D eigenvalue weighted by Gasteiger charge is -2.14. The van der Waals surface area contributed by atoms with Gasteiger partial charge in [0.05, 0.1) is 23.5 Å². The molecule has 0 radical (unpaired) electrons. The number of carbonyl (C=O) groups is 1. The highest BCUT2D eigenvalue weighted by Crippen LogP contribution is 2.23. The lowest BCUT2D eigenvalue weighted by Crippen LogP contribution is -2.26. The van der Waals surface area contributed by atoms with Crippen LogP contribution in [0.3, 0.4) is 0 Å². The van der Waals surface area contributed by atoms with Gasteiger partial charge in [-0.1, -0.05) is 36.4 Å². The lowest BCUT2D eigenvalue weighted by molar-refractivity contribution is 0.0941. The quantitative estimate of drug-likeness (QED) is 0.595. The largest absolute Gasteiger partial charge is 0.350 e. The molecular formula is C22H22N4O. The van der Waals surface area contributed by atoms with Gasteiger partial charge in [-0.2, -0.15) is 5.10 Å². The minimum Gasteiger partial charge on any atom is -0.350 e. The molecule has 2 aromatic carbocycles. The molecular weight excluding hydrogens is 336 g/mol. The highest BCUT2D eigenvalue weighted by atomic mass is 16.1. The maximum absolute atomic E-state index is 12.9. The molecule has 0 aliphatic rings. The molecule has 2 aromatic heterocycles. The van der Waals surface area contributed by atoms with Crippen LogP contribution in [0.2, 0.25) is 0 Å². The second kappa shape index (κ2) is 6.76. The van der Waals surface area contributed by atoms with Crippen LogP contribution in [0, 0.1) is 6.92 Å². The van der Waals surface area contributed by atoms with Crippen molar-refractivity contribution in [3.63, 3.8) is 0 Å². The molecule has 2 heterocycles. The van der Waals surface area contributed by atoms with Crippen molar-refractivity contribution in [1.29, 1.82) is 0 Å². The summed E-state index contributed by atoms with van der Waals surface area (Å²) in [4.78, 5) is 12.9. The molecule has 0 fully saturated rings. The van der Waals surface area contributed by atoms with E-state index in [0.29, 0.717) is 5.56 Å². The molecule has 1 atom stereocenters. The SMILES string of the molecule is Cc1c(C(C)NC(=O)c2cn(C)c3ccccc23)cnn1-c1ccccc1. The maximum Gasteiger partial charge on any atom is 0.253 e. The molecule has 0 saturated heterocycles. The fourth-order valence-corrected chi connectivity index (χ4v) is 3.55. The molecule has 1 unspecified atom stereocenters. The topological polar surface area (TPSA) is 51.9 Å². The van der Waals surface area contributed by atoms with Crippen molar-refractivity contribution in [1.82, 2.24) is 19.7 Å². The maximum atomic E-state index is 12.9. The molecule has 5 nitrogen and oxygen atoms in total. The molecule has 0 saturated carbocycles. The third-order valence-electron chi connectivity index (χ3n) is 5.00. The van der Waals surface area contributed by atoms with Gasteiger partial charge in [-0.3, -0.25) is 4.79 Å². The first-order valence-corrected chi connectivity index (χ1v) is 9.01. The zero-order chi connectivity index (χ0) is 19.0. The summed E-state index contributed by atoms with van der Waals surface area (Å²) >= 11 is 0. The van der Waals surface area contributed by atoms with Crippen LogP contribution in [0.25, 0.3) is 16.6 Å². The van der Waals surface area contributed by atoms with Gasteiger partial charge < -0.3 is 9.88 Å². The van der Waals surface area contributed by atoms with E-state index < -0.39 is 0 Å². The first kappa shape index (κ1) is 17.1. The van der Waals surface area contributed by atoms with E-state index in [4.69, 9.17) is 0 Å².